The lowest BCUT2D eigenvalue weighted by Gasteiger charge is -2.38. The van der Waals surface area contributed by atoms with Gasteiger partial charge in [0.05, 0.1) is 5.75 Å². The maximum Gasteiger partial charge on any atom is 0.245 e. The summed E-state index contributed by atoms with van der Waals surface area (Å²) >= 11 is 0. The molecule has 2 fully saturated rings. The molecule has 2 aliphatic rings. The van der Waals surface area contributed by atoms with Crippen LogP contribution in [0.15, 0.2) is 0 Å². The van der Waals surface area contributed by atoms with E-state index in [0.717, 1.165) is 25.7 Å². The molecule has 1 spiro atoms. The van der Waals surface area contributed by atoms with E-state index in [-0.39, 0.29) is 29.6 Å². The third kappa shape index (κ3) is 4.45. The van der Waals surface area contributed by atoms with Gasteiger partial charge in [0.15, 0.2) is 0 Å². The average molecular weight is 346 g/mol. The van der Waals surface area contributed by atoms with Gasteiger partial charge in [-0.1, -0.05) is 26.2 Å². The number of hydrogen-bond donors (Lipinski definition) is 1. The number of ether oxygens (including phenoxy) is 1. The summed E-state index contributed by atoms with van der Waals surface area (Å²) < 4.78 is 31.4. The van der Waals surface area contributed by atoms with Crippen molar-refractivity contribution in [1.82, 2.24) is 9.62 Å². The molecular formula is C16H30N2O4S. The molecule has 0 aromatic heterocycles. The van der Waals surface area contributed by atoms with Gasteiger partial charge in [-0.05, 0) is 30.6 Å². The van der Waals surface area contributed by atoms with Crippen molar-refractivity contribution in [3.05, 3.63) is 0 Å². The third-order valence-corrected chi connectivity index (χ3v) is 7.30. The normalized spacial score (nSPS) is 24.9. The first-order valence-electron chi connectivity index (χ1n) is 8.67. The number of carbonyl (C=O) groups excluding carboxylic acids is 1. The maximum atomic E-state index is 12.5. The van der Waals surface area contributed by atoms with E-state index >= 15 is 0 Å². The van der Waals surface area contributed by atoms with Gasteiger partial charge in [0.2, 0.25) is 15.9 Å². The molecule has 1 saturated carbocycles. The van der Waals surface area contributed by atoms with Crippen molar-refractivity contribution in [2.24, 2.45) is 11.3 Å². The predicted octanol–water partition coefficient (Wildman–Crippen LogP) is 1.37. The van der Waals surface area contributed by atoms with E-state index in [1.807, 2.05) is 6.92 Å². The molecule has 1 aliphatic heterocycles. The van der Waals surface area contributed by atoms with Gasteiger partial charge in [-0.3, -0.25) is 4.79 Å². The molecule has 1 aliphatic carbocycles. The van der Waals surface area contributed by atoms with Crippen LogP contribution in [-0.4, -0.2) is 57.7 Å². The number of amides is 1. The molecule has 0 radical (unpaired) electrons. The van der Waals surface area contributed by atoms with Crippen LogP contribution < -0.4 is 5.32 Å². The molecule has 1 unspecified atom stereocenters. The van der Waals surface area contributed by atoms with Gasteiger partial charge >= 0.3 is 0 Å². The van der Waals surface area contributed by atoms with Crippen molar-refractivity contribution in [3.63, 3.8) is 0 Å². The summed E-state index contributed by atoms with van der Waals surface area (Å²) in [5.74, 6) is 0.287. The molecule has 23 heavy (non-hydrogen) atoms. The number of hydrogen-bond acceptors (Lipinski definition) is 4. The minimum Gasteiger partial charge on any atom is -0.375 e. The van der Waals surface area contributed by atoms with Crippen LogP contribution in [0.2, 0.25) is 0 Å². The second-order valence-corrected chi connectivity index (χ2v) is 9.05. The van der Waals surface area contributed by atoms with E-state index in [9.17, 15) is 13.2 Å². The molecule has 0 aromatic carbocycles. The minimum absolute atomic E-state index is 0.0411. The van der Waals surface area contributed by atoms with Gasteiger partial charge in [-0.2, -0.15) is 0 Å². The molecule has 1 N–H and O–H groups in total. The van der Waals surface area contributed by atoms with Crippen molar-refractivity contribution >= 4 is 15.9 Å². The van der Waals surface area contributed by atoms with E-state index in [2.05, 4.69) is 5.32 Å². The Bertz CT molecular complexity index is 500. The van der Waals surface area contributed by atoms with Crippen molar-refractivity contribution in [1.29, 1.82) is 0 Å². The van der Waals surface area contributed by atoms with Gasteiger partial charge in [-0.25, -0.2) is 12.7 Å². The number of sulfonamides is 1. The lowest BCUT2D eigenvalue weighted by atomic mass is 9.68. The van der Waals surface area contributed by atoms with Crippen LogP contribution in [0.5, 0.6) is 0 Å². The van der Waals surface area contributed by atoms with Crippen LogP contribution in [-0.2, 0) is 19.6 Å². The Labute approximate surface area is 140 Å². The summed E-state index contributed by atoms with van der Waals surface area (Å²) in [6.45, 7) is 3.65. The first-order valence-corrected chi connectivity index (χ1v) is 10.3. The fraction of sp³-hybridized carbons (Fsp3) is 0.938. The predicted molar refractivity (Wildman–Crippen MR) is 89.5 cm³/mol. The standard InChI is InChI=1S/C16H30N2O4S/c1-3-9-23(20,21)18-11-14(10-17-15(19)12-22-2)16(13-18)7-5-4-6-8-16/h14H,3-13H2,1-2H3,(H,17,19). The molecule has 1 amide bonds. The molecule has 7 heteroatoms. The van der Waals surface area contributed by atoms with Crippen LogP contribution in [0.25, 0.3) is 0 Å². The molecule has 1 heterocycles. The van der Waals surface area contributed by atoms with Crippen LogP contribution in [0, 0.1) is 11.3 Å². The number of rotatable bonds is 7. The first kappa shape index (κ1) is 18.7. The zero-order valence-corrected chi connectivity index (χ0v) is 15.2. The zero-order valence-electron chi connectivity index (χ0n) is 14.3. The summed E-state index contributed by atoms with van der Waals surface area (Å²) in [4.78, 5) is 11.7. The Morgan fingerprint density at radius 2 is 2.00 bits per heavy atom. The molecular weight excluding hydrogens is 316 g/mol. The van der Waals surface area contributed by atoms with Crippen LogP contribution in [0.3, 0.4) is 0 Å². The minimum atomic E-state index is -3.17. The lowest BCUT2D eigenvalue weighted by molar-refractivity contribution is -0.125. The average Bonchev–Trinajstić information content (AvgIpc) is 2.85. The van der Waals surface area contributed by atoms with E-state index in [1.165, 1.54) is 13.5 Å². The summed E-state index contributed by atoms with van der Waals surface area (Å²) in [5, 5.41) is 2.92. The van der Waals surface area contributed by atoms with Crippen LogP contribution in [0.4, 0.5) is 0 Å². The highest BCUT2D eigenvalue weighted by molar-refractivity contribution is 7.89. The highest BCUT2D eigenvalue weighted by Crippen LogP contribution is 2.48. The monoisotopic (exact) mass is 346 g/mol. The van der Waals surface area contributed by atoms with E-state index in [1.54, 1.807) is 4.31 Å². The second kappa shape index (κ2) is 7.94. The largest absolute Gasteiger partial charge is 0.375 e. The van der Waals surface area contributed by atoms with E-state index in [4.69, 9.17) is 4.74 Å². The molecule has 1 atom stereocenters. The summed E-state index contributed by atoms with van der Waals surface area (Å²) in [6, 6.07) is 0. The Balaban J connectivity index is 2.08. The fourth-order valence-electron chi connectivity index (χ4n) is 4.11. The van der Waals surface area contributed by atoms with Gasteiger partial charge in [-0.15, -0.1) is 0 Å². The highest BCUT2D eigenvalue weighted by atomic mass is 32.2. The first-order chi connectivity index (χ1) is 10.9. The van der Waals surface area contributed by atoms with Crippen LogP contribution >= 0.6 is 0 Å². The Morgan fingerprint density at radius 1 is 1.30 bits per heavy atom. The third-order valence-electron chi connectivity index (χ3n) is 5.31. The van der Waals surface area contributed by atoms with Crippen LogP contribution in [0.1, 0.15) is 45.4 Å². The molecule has 0 bridgehead atoms. The topological polar surface area (TPSA) is 75.7 Å². The van der Waals surface area contributed by atoms with Crippen molar-refractivity contribution < 1.29 is 17.9 Å². The van der Waals surface area contributed by atoms with Crippen molar-refractivity contribution in [2.45, 2.75) is 45.4 Å². The second-order valence-electron chi connectivity index (χ2n) is 6.97. The van der Waals surface area contributed by atoms with Crippen molar-refractivity contribution in [3.8, 4) is 0 Å². The van der Waals surface area contributed by atoms with E-state index in [0.29, 0.717) is 26.1 Å². The number of carbonyl (C=O) groups is 1. The Kier molecular flexibility index (Phi) is 6.45. The number of methoxy groups -OCH3 is 1. The summed E-state index contributed by atoms with van der Waals surface area (Å²) in [5.41, 5.74) is 0.0411. The van der Waals surface area contributed by atoms with Gasteiger partial charge in [0, 0.05) is 26.7 Å². The van der Waals surface area contributed by atoms with E-state index < -0.39 is 10.0 Å². The fourth-order valence-corrected chi connectivity index (χ4v) is 5.74. The number of nitrogens with one attached hydrogen (secondary N) is 1. The molecule has 1 saturated heterocycles. The van der Waals surface area contributed by atoms with Gasteiger partial charge in [0.25, 0.3) is 0 Å². The summed E-state index contributed by atoms with van der Waals surface area (Å²) in [6.07, 6.45) is 6.31. The molecule has 6 nitrogen and oxygen atoms in total. The van der Waals surface area contributed by atoms with Crippen molar-refractivity contribution in [2.75, 3.05) is 39.1 Å². The smallest absolute Gasteiger partial charge is 0.245 e. The number of nitrogens with zero attached hydrogens (tertiary/aromatic N) is 1. The molecule has 0 aromatic rings. The molecule has 2 rings (SSSR count). The zero-order chi connectivity index (χ0) is 16.9. The van der Waals surface area contributed by atoms with Gasteiger partial charge in [0.1, 0.15) is 6.61 Å². The highest BCUT2D eigenvalue weighted by Gasteiger charge is 2.49. The Morgan fingerprint density at radius 3 is 2.61 bits per heavy atom. The van der Waals surface area contributed by atoms with Gasteiger partial charge < -0.3 is 10.1 Å². The summed E-state index contributed by atoms with van der Waals surface area (Å²) in [7, 11) is -1.67. The molecule has 134 valence electrons. The quantitative estimate of drug-likeness (QED) is 0.755. The Hall–Kier alpha value is -0.660. The SMILES string of the molecule is CCCS(=O)(=O)N1CC(CNC(=O)COC)C2(CCCCC2)C1. The maximum absolute atomic E-state index is 12.5. The lowest BCUT2D eigenvalue weighted by Crippen LogP contribution is -2.40.